The number of aromatic nitrogens is 5. The fraction of sp³-hybridized carbons (Fsp3) is 0.0870. The lowest BCUT2D eigenvalue weighted by Crippen LogP contribution is -2.01. The van der Waals surface area contributed by atoms with Crippen LogP contribution in [0.15, 0.2) is 73.1 Å². The molecular formula is C23H20ClFN6. The lowest BCUT2D eigenvalue weighted by Gasteiger charge is -2.04. The Hall–Kier alpha value is -3.71. The van der Waals surface area contributed by atoms with Crippen LogP contribution >= 0.6 is 12.4 Å². The monoisotopic (exact) mass is 434 g/mol. The van der Waals surface area contributed by atoms with E-state index in [1.54, 1.807) is 16.9 Å². The molecule has 0 bridgehead atoms. The Kier molecular flexibility index (Phi) is 5.68. The van der Waals surface area contributed by atoms with E-state index >= 15 is 0 Å². The number of rotatable bonds is 5. The maximum absolute atomic E-state index is 13.5. The van der Waals surface area contributed by atoms with Crippen molar-refractivity contribution in [2.45, 2.75) is 6.54 Å². The highest BCUT2D eigenvalue weighted by Gasteiger charge is 2.16. The number of hydrogen-bond donors (Lipinski definition) is 2. The van der Waals surface area contributed by atoms with Crippen LogP contribution in [-0.2, 0) is 13.6 Å². The van der Waals surface area contributed by atoms with Crippen molar-refractivity contribution in [2.75, 3.05) is 5.32 Å². The van der Waals surface area contributed by atoms with Gasteiger partial charge in [0, 0.05) is 36.1 Å². The average molecular weight is 435 g/mol. The van der Waals surface area contributed by atoms with E-state index in [1.165, 1.54) is 12.1 Å². The summed E-state index contributed by atoms with van der Waals surface area (Å²) < 4.78 is 15.2. The maximum atomic E-state index is 13.5. The largest absolute Gasteiger partial charge is 0.378 e. The van der Waals surface area contributed by atoms with Gasteiger partial charge < -0.3 is 10.3 Å². The van der Waals surface area contributed by atoms with Gasteiger partial charge in [0.15, 0.2) is 0 Å². The van der Waals surface area contributed by atoms with E-state index < -0.39 is 0 Å². The molecule has 31 heavy (non-hydrogen) atoms. The van der Waals surface area contributed by atoms with Gasteiger partial charge in [-0.05, 0) is 42.5 Å². The molecule has 0 saturated carbocycles. The number of nitrogens with zero attached hydrogens (tertiary/aromatic N) is 4. The van der Waals surface area contributed by atoms with E-state index in [1.807, 2.05) is 49.6 Å². The number of nitrogens with one attached hydrogen (secondary N) is 2. The number of pyridine rings is 1. The van der Waals surface area contributed by atoms with Crippen molar-refractivity contribution in [1.29, 1.82) is 0 Å². The van der Waals surface area contributed by atoms with Crippen molar-refractivity contribution in [1.82, 2.24) is 24.7 Å². The summed E-state index contributed by atoms with van der Waals surface area (Å²) in [7, 11) is 1.88. The molecule has 6 nitrogen and oxygen atoms in total. The number of hydrogen-bond acceptors (Lipinski definition) is 4. The van der Waals surface area contributed by atoms with Crippen molar-refractivity contribution >= 4 is 29.0 Å². The zero-order chi connectivity index (χ0) is 20.5. The van der Waals surface area contributed by atoms with Gasteiger partial charge in [-0.25, -0.2) is 9.37 Å². The molecule has 0 amide bonds. The molecular weight excluding hydrogens is 415 g/mol. The van der Waals surface area contributed by atoms with Crippen molar-refractivity contribution in [2.24, 2.45) is 7.05 Å². The molecule has 0 aliphatic carbocycles. The summed E-state index contributed by atoms with van der Waals surface area (Å²) in [6.07, 6.45) is 3.68. The minimum atomic E-state index is -0.279. The summed E-state index contributed by atoms with van der Waals surface area (Å²) in [6.45, 7) is 0.429. The smallest absolute Gasteiger partial charge is 0.126 e. The molecule has 0 aliphatic rings. The van der Waals surface area contributed by atoms with Gasteiger partial charge in [-0.1, -0.05) is 18.2 Å². The van der Waals surface area contributed by atoms with E-state index in [-0.39, 0.29) is 18.2 Å². The Morgan fingerprint density at radius 3 is 2.77 bits per heavy atom. The molecule has 2 N–H and O–H groups in total. The molecule has 0 spiro atoms. The van der Waals surface area contributed by atoms with Crippen LogP contribution in [0, 0.1) is 5.82 Å². The van der Waals surface area contributed by atoms with Crippen molar-refractivity contribution < 1.29 is 4.39 Å². The van der Waals surface area contributed by atoms with Crippen LogP contribution in [0.5, 0.6) is 0 Å². The van der Waals surface area contributed by atoms with Gasteiger partial charge in [-0.15, -0.1) is 12.4 Å². The number of H-pyrrole nitrogens is 1. The standard InChI is InChI=1S/C23H19FN6.ClH/c1-30-11-9-20(29-30)23-22(16-7-8-19-15(12-16)4-3-10-25-19)27-21(28-23)14-26-18-6-2-5-17(24)13-18;/h2-13,26H,14H2,1H3,(H,27,28);1H. The fourth-order valence-electron chi connectivity index (χ4n) is 3.46. The normalized spacial score (nSPS) is 10.8. The van der Waals surface area contributed by atoms with Gasteiger partial charge in [0.2, 0.25) is 0 Å². The van der Waals surface area contributed by atoms with Crippen molar-refractivity contribution in [3.05, 3.63) is 84.7 Å². The Bertz CT molecular complexity index is 1340. The number of anilines is 1. The lowest BCUT2D eigenvalue weighted by atomic mass is 10.1. The third kappa shape index (κ3) is 4.27. The van der Waals surface area contributed by atoms with Crippen LogP contribution < -0.4 is 5.32 Å². The molecule has 0 radical (unpaired) electrons. The highest BCUT2D eigenvalue weighted by molar-refractivity contribution is 5.86. The first-order chi connectivity index (χ1) is 14.7. The van der Waals surface area contributed by atoms with Crippen LogP contribution in [0.4, 0.5) is 10.1 Å². The molecule has 0 fully saturated rings. The fourth-order valence-corrected chi connectivity index (χ4v) is 3.46. The van der Waals surface area contributed by atoms with Gasteiger partial charge in [-0.2, -0.15) is 5.10 Å². The zero-order valence-corrected chi connectivity index (χ0v) is 17.5. The Balaban J connectivity index is 0.00000231. The second-order valence-electron chi connectivity index (χ2n) is 7.06. The first-order valence-electron chi connectivity index (χ1n) is 9.59. The number of fused-ring (bicyclic) bond motifs is 1. The molecule has 2 aromatic carbocycles. The quantitative estimate of drug-likeness (QED) is 0.399. The maximum Gasteiger partial charge on any atom is 0.126 e. The van der Waals surface area contributed by atoms with E-state index in [9.17, 15) is 4.39 Å². The molecule has 0 aliphatic heterocycles. The number of aryl methyl sites for hydroxylation is 1. The van der Waals surface area contributed by atoms with E-state index in [0.29, 0.717) is 12.2 Å². The molecule has 3 heterocycles. The first-order valence-corrected chi connectivity index (χ1v) is 9.59. The second-order valence-corrected chi connectivity index (χ2v) is 7.06. The zero-order valence-electron chi connectivity index (χ0n) is 16.7. The van der Waals surface area contributed by atoms with Crippen LogP contribution in [0.1, 0.15) is 5.82 Å². The second kappa shape index (κ2) is 8.57. The van der Waals surface area contributed by atoms with Gasteiger partial charge in [0.25, 0.3) is 0 Å². The minimum absolute atomic E-state index is 0. The number of aromatic amines is 1. The molecule has 5 rings (SSSR count). The Labute approximate surface area is 184 Å². The summed E-state index contributed by atoms with van der Waals surface area (Å²) in [6, 6.07) is 18.4. The lowest BCUT2D eigenvalue weighted by molar-refractivity contribution is 0.628. The predicted octanol–water partition coefficient (Wildman–Crippen LogP) is 5.20. The topological polar surface area (TPSA) is 71.4 Å². The Morgan fingerprint density at radius 1 is 1.06 bits per heavy atom. The summed E-state index contributed by atoms with van der Waals surface area (Å²) in [5, 5.41) is 8.79. The summed E-state index contributed by atoms with van der Waals surface area (Å²) >= 11 is 0. The predicted molar refractivity (Wildman–Crippen MR) is 123 cm³/mol. The highest BCUT2D eigenvalue weighted by atomic mass is 35.5. The molecule has 0 saturated heterocycles. The van der Waals surface area contributed by atoms with Crippen LogP contribution in [-0.4, -0.2) is 24.7 Å². The van der Waals surface area contributed by atoms with Crippen molar-refractivity contribution in [3.8, 4) is 22.6 Å². The van der Waals surface area contributed by atoms with Gasteiger partial charge >= 0.3 is 0 Å². The van der Waals surface area contributed by atoms with E-state index in [0.717, 1.165) is 39.4 Å². The van der Waals surface area contributed by atoms with Gasteiger partial charge in [0.05, 0.1) is 17.8 Å². The minimum Gasteiger partial charge on any atom is -0.378 e. The Morgan fingerprint density at radius 2 is 1.97 bits per heavy atom. The molecule has 0 unspecified atom stereocenters. The average Bonchev–Trinajstić information content (AvgIpc) is 3.38. The molecule has 5 aromatic rings. The number of benzene rings is 2. The van der Waals surface area contributed by atoms with E-state index in [2.05, 4.69) is 26.4 Å². The third-order valence-electron chi connectivity index (χ3n) is 4.89. The summed E-state index contributed by atoms with van der Waals surface area (Å²) in [4.78, 5) is 12.6. The van der Waals surface area contributed by atoms with Gasteiger partial charge in [0.1, 0.15) is 23.0 Å². The summed E-state index contributed by atoms with van der Waals surface area (Å²) in [5.41, 5.74) is 5.08. The molecule has 156 valence electrons. The van der Waals surface area contributed by atoms with E-state index in [4.69, 9.17) is 4.98 Å². The van der Waals surface area contributed by atoms with Gasteiger partial charge in [-0.3, -0.25) is 9.67 Å². The number of halogens is 2. The third-order valence-corrected chi connectivity index (χ3v) is 4.89. The highest BCUT2D eigenvalue weighted by Crippen LogP contribution is 2.31. The molecule has 8 heteroatoms. The van der Waals surface area contributed by atoms with Crippen LogP contribution in [0.3, 0.4) is 0 Å². The molecule has 0 atom stereocenters. The molecule has 3 aromatic heterocycles. The van der Waals surface area contributed by atoms with Crippen LogP contribution in [0.25, 0.3) is 33.5 Å². The number of imidazole rings is 1. The van der Waals surface area contributed by atoms with Crippen LogP contribution in [0.2, 0.25) is 0 Å². The van der Waals surface area contributed by atoms with Crippen molar-refractivity contribution in [3.63, 3.8) is 0 Å². The first kappa shape index (κ1) is 20.6. The summed E-state index contributed by atoms with van der Waals surface area (Å²) in [5.74, 6) is 0.459. The SMILES string of the molecule is Cl.Cn1ccc(-c2nc(CNc3cccc(F)c3)[nH]c2-c2ccc3ncccc3c2)n1.